The van der Waals surface area contributed by atoms with Crippen molar-refractivity contribution in [2.24, 2.45) is 0 Å². The molecule has 0 aliphatic rings. The van der Waals surface area contributed by atoms with E-state index in [-0.39, 0.29) is 16.4 Å². The first kappa shape index (κ1) is 19.4. The summed E-state index contributed by atoms with van der Waals surface area (Å²) in [5.74, 6) is -1.25. The van der Waals surface area contributed by atoms with Gasteiger partial charge in [0.25, 0.3) is 11.1 Å². The number of para-hydroxylation sites is 1. The lowest BCUT2D eigenvalue weighted by Crippen LogP contribution is -2.14. The van der Waals surface area contributed by atoms with Crippen LogP contribution in [0.3, 0.4) is 0 Å². The van der Waals surface area contributed by atoms with Gasteiger partial charge in [0.1, 0.15) is 17.5 Å². The summed E-state index contributed by atoms with van der Waals surface area (Å²) in [7, 11) is -3.61. The van der Waals surface area contributed by atoms with Crippen LogP contribution in [0.5, 0.6) is 0 Å². The van der Waals surface area contributed by atoms with Crippen LogP contribution in [0.1, 0.15) is 5.69 Å². The highest BCUT2D eigenvalue weighted by atomic mass is 32.2. The molecule has 11 heteroatoms. The molecule has 0 aliphatic carbocycles. The second kappa shape index (κ2) is 7.71. The Morgan fingerprint density at radius 2 is 2.07 bits per heavy atom. The minimum Gasteiger partial charge on any atom is -0.314 e. The molecule has 8 nitrogen and oxygen atoms in total. The summed E-state index contributed by atoms with van der Waals surface area (Å²) in [6, 6.07) is 11.1. The maximum Gasteiger partial charge on any atom is 0.268 e. The molecule has 0 unspecified atom stereocenters. The fourth-order valence-corrected chi connectivity index (χ4v) is 3.69. The SMILES string of the molecule is CS(=O)(=O)c1nsc(NC(=O)/C(C#N)=C\c2cccn2-c2ccccc2F)n1. The van der Waals surface area contributed by atoms with E-state index in [1.165, 1.54) is 16.7 Å². The fourth-order valence-electron chi connectivity index (χ4n) is 2.25. The van der Waals surface area contributed by atoms with Crippen molar-refractivity contribution in [3.05, 3.63) is 59.7 Å². The molecule has 1 N–H and O–H groups in total. The average Bonchev–Trinajstić information content (AvgIpc) is 3.29. The molecule has 142 valence electrons. The monoisotopic (exact) mass is 417 g/mol. The van der Waals surface area contributed by atoms with Gasteiger partial charge in [-0.2, -0.15) is 14.6 Å². The van der Waals surface area contributed by atoms with Crippen molar-refractivity contribution in [2.45, 2.75) is 5.16 Å². The van der Waals surface area contributed by atoms with Crippen molar-refractivity contribution in [1.82, 2.24) is 13.9 Å². The number of nitrogens with zero attached hydrogens (tertiary/aromatic N) is 4. The number of amides is 1. The molecule has 3 aromatic rings. The van der Waals surface area contributed by atoms with E-state index in [0.29, 0.717) is 17.2 Å². The van der Waals surface area contributed by atoms with Crippen LogP contribution in [0.25, 0.3) is 11.8 Å². The van der Waals surface area contributed by atoms with Crippen LogP contribution in [0, 0.1) is 17.1 Å². The first-order chi connectivity index (χ1) is 13.3. The number of hydrogen-bond donors (Lipinski definition) is 1. The van der Waals surface area contributed by atoms with Crippen molar-refractivity contribution in [3.8, 4) is 11.8 Å². The predicted octanol–water partition coefficient (Wildman–Crippen LogP) is 2.42. The molecule has 0 bridgehead atoms. The Labute approximate surface area is 163 Å². The van der Waals surface area contributed by atoms with E-state index >= 15 is 0 Å². The molecule has 0 saturated heterocycles. The number of sulfone groups is 1. The minimum absolute atomic E-state index is 0.0592. The summed E-state index contributed by atoms with van der Waals surface area (Å²) in [5.41, 5.74) is 0.400. The van der Waals surface area contributed by atoms with Crippen molar-refractivity contribution >= 4 is 38.5 Å². The van der Waals surface area contributed by atoms with Gasteiger partial charge in [-0.3, -0.25) is 10.1 Å². The molecule has 0 radical (unpaired) electrons. The van der Waals surface area contributed by atoms with Gasteiger partial charge in [-0.25, -0.2) is 12.8 Å². The standard InChI is InChI=1S/C17H12FN5O3S2/c1-28(25,26)17-21-16(27-22-17)20-15(24)11(10-19)9-12-5-4-8-23(12)14-7-3-2-6-13(14)18/h2-9H,1H3,(H,20,21,22,24)/b11-9-. The van der Waals surface area contributed by atoms with Crippen LogP contribution in [0.15, 0.2) is 53.3 Å². The molecular formula is C17H12FN5O3S2. The molecule has 2 heterocycles. The Bertz CT molecular complexity index is 1220. The van der Waals surface area contributed by atoms with Crippen LogP contribution in [0.4, 0.5) is 9.52 Å². The first-order valence-electron chi connectivity index (χ1n) is 7.69. The highest BCUT2D eigenvalue weighted by Gasteiger charge is 2.18. The van der Waals surface area contributed by atoms with Gasteiger partial charge in [-0.15, -0.1) is 0 Å². The van der Waals surface area contributed by atoms with Gasteiger partial charge in [0.15, 0.2) is 0 Å². The van der Waals surface area contributed by atoms with E-state index in [2.05, 4.69) is 14.7 Å². The topological polar surface area (TPSA) is 118 Å². The zero-order valence-corrected chi connectivity index (χ0v) is 16.0. The molecule has 0 atom stereocenters. The molecular weight excluding hydrogens is 405 g/mol. The molecule has 0 fully saturated rings. The number of nitriles is 1. The van der Waals surface area contributed by atoms with Crippen LogP contribution >= 0.6 is 11.5 Å². The molecule has 0 saturated carbocycles. The highest BCUT2D eigenvalue weighted by molar-refractivity contribution is 7.90. The second-order valence-corrected chi connectivity index (χ2v) is 8.19. The van der Waals surface area contributed by atoms with Crippen LogP contribution in [0.2, 0.25) is 0 Å². The average molecular weight is 417 g/mol. The van der Waals surface area contributed by atoms with Crippen molar-refractivity contribution < 1.29 is 17.6 Å². The second-order valence-electron chi connectivity index (χ2n) is 5.53. The normalized spacial score (nSPS) is 11.8. The van der Waals surface area contributed by atoms with E-state index in [4.69, 9.17) is 0 Å². The third-order valence-corrected chi connectivity index (χ3v) is 5.10. The smallest absolute Gasteiger partial charge is 0.268 e. The number of nitrogens with one attached hydrogen (secondary N) is 1. The van der Waals surface area contributed by atoms with E-state index in [1.807, 2.05) is 0 Å². The van der Waals surface area contributed by atoms with Crippen molar-refractivity contribution in [1.29, 1.82) is 5.26 Å². The number of halogens is 1. The quantitative estimate of drug-likeness (QED) is 0.503. The van der Waals surface area contributed by atoms with Gasteiger partial charge >= 0.3 is 0 Å². The fraction of sp³-hybridized carbons (Fsp3) is 0.0588. The summed E-state index contributed by atoms with van der Waals surface area (Å²) < 4.78 is 42.0. The zero-order chi connectivity index (χ0) is 20.3. The summed E-state index contributed by atoms with van der Waals surface area (Å²) in [4.78, 5) is 16.1. The van der Waals surface area contributed by atoms with Crippen LogP contribution in [-0.2, 0) is 14.6 Å². The Hall–Kier alpha value is -3.36. The molecule has 0 spiro atoms. The lowest BCUT2D eigenvalue weighted by atomic mass is 10.2. The summed E-state index contributed by atoms with van der Waals surface area (Å²) >= 11 is 0.679. The molecule has 1 amide bonds. The third kappa shape index (κ3) is 4.13. The third-order valence-electron chi connectivity index (χ3n) is 3.51. The summed E-state index contributed by atoms with van der Waals surface area (Å²) in [5, 5.41) is 11.2. The van der Waals surface area contributed by atoms with Gasteiger partial charge in [0.05, 0.1) is 5.69 Å². The van der Waals surface area contributed by atoms with Gasteiger partial charge in [-0.05, 0) is 30.3 Å². The number of carbonyl (C=O) groups excluding carboxylic acids is 1. The molecule has 2 aromatic heterocycles. The van der Waals surface area contributed by atoms with Crippen LogP contribution in [-0.4, -0.2) is 34.5 Å². The molecule has 28 heavy (non-hydrogen) atoms. The minimum atomic E-state index is -3.61. The maximum absolute atomic E-state index is 14.0. The van der Waals surface area contributed by atoms with Gasteiger partial charge in [0.2, 0.25) is 15.0 Å². The Kier molecular flexibility index (Phi) is 5.34. The van der Waals surface area contributed by atoms with Gasteiger partial charge in [-0.1, -0.05) is 12.1 Å². The Morgan fingerprint density at radius 1 is 1.32 bits per heavy atom. The number of hydrogen-bond acceptors (Lipinski definition) is 7. The van der Waals surface area contributed by atoms with E-state index in [1.54, 1.807) is 42.6 Å². The lowest BCUT2D eigenvalue weighted by Gasteiger charge is -2.08. The summed E-state index contributed by atoms with van der Waals surface area (Å²) in [6.07, 6.45) is 3.83. The summed E-state index contributed by atoms with van der Waals surface area (Å²) in [6.45, 7) is 0. The van der Waals surface area contributed by atoms with E-state index < -0.39 is 26.7 Å². The van der Waals surface area contributed by atoms with Crippen LogP contribution < -0.4 is 5.32 Å². The van der Waals surface area contributed by atoms with E-state index in [9.17, 15) is 22.9 Å². The number of aromatic nitrogens is 3. The number of carbonyl (C=O) groups is 1. The zero-order valence-electron chi connectivity index (χ0n) is 14.3. The predicted molar refractivity (Wildman–Crippen MR) is 101 cm³/mol. The van der Waals surface area contributed by atoms with Crippen molar-refractivity contribution in [3.63, 3.8) is 0 Å². The van der Waals surface area contributed by atoms with Gasteiger partial charge < -0.3 is 4.57 Å². The highest BCUT2D eigenvalue weighted by Crippen LogP contribution is 2.20. The van der Waals surface area contributed by atoms with E-state index in [0.717, 1.165) is 6.26 Å². The molecule has 3 rings (SSSR count). The first-order valence-corrected chi connectivity index (χ1v) is 10.4. The largest absolute Gasteiger partial charge is 0.314 e. The maximum atomic E-state index is 14.0. The van der Waals surface area contributed by atoms with Crippen molar-refractivity contribution in [2.75, 3.05) is 11.6 Å². The number of anilines is 1. The number of benzene rings is 1. The van der Waals surface area contributed by atoms with Gasteiger partial charge in [0, 0.05) is 29.7 Å². The lowest BCUT2D eigenvalue weighted by molar-refractivity contribution is -0.112. The molecule has 1 aromatic carbocycles. The Balaban J connectivity index is 1.88. The Morgan fingerprint density at radius 3 is 2.71 bits per heavy atom. The molecule has 0 aliphatic heterocycles. The number of rotatable bonds is 5.